The van der Waals surface area contributed by atoms with E-state index in [4.69, 9.17) is 0 Å². The van der Waals surface area contributed by atoms with Gasteiger partial charge in [-0.05, 0) is 31.7 Å². The molecule has 1 N–H and O–H groups in total. The van der Waals surface area contributed by atoms with Gasteiger partial charge in [0.25, 0.3) is 0 Å². The number of carbonyl (C=O) groups excluding carboxylic acids is 1. The van der Waals surface area contributed by atoms with E-state index in [1.54, 1.807) is 0 Å². The van der Waals surface area contributed by atoms with Crippen molar-refractivity contribution in [3.63, 3.8) is 0 Å². The van der Waals surface area contributed by atoms with Crippen LogP contribution in [0, 0.1) is 5.92 Å². The Labute approximate surface area is 117 Å². The molecule has 1 aromatic rings. The Hall–Kier alpha value is -1.51. The second kappa shape index (κ2) is 7.82. The Balaban J connectivity index is 2.47. The summed E-state index contributed by atoms with van der Waals surface area (Å²) >= 11 is 0. The first kappa shape index (κ1) is 15.5. The van der Waals surface area contributed by atoms with Crippen LogP contribution in [0.4, 0.5) is 4.79 Å². The van der Waals surface area contributed by atoms with Crippen molar-refractivity contribution in [3.8, 4) is 0 Å². The largest absolute Gasteiger partial charge is 0.335 e. The number of hydrogen-bond acceptors (Lipinski definition) is 1. The Bertz CT molecular complexity index is 376. The lowest BCUT2D eigenvalue weighted by atomic mass is 10.1. The summed E-state index contributed by atoms with van der Waals surface area (Å²) in [6.45, 7) is 9.80. The summed E-state index contributed by atoms with van der Waals surface area (Å²) in [5.41, 5.74) is 1.27. The van der Waals surface area contributed by atoms with Gasteiger partial charge >= 0.3 is 6.03 Å². The second-order valence-corrected chi connectivity index (χ2v) is 5.30. The first-order valence-electron chi connectivity index (χ1n) is 7.14. The quantitative estimate of drug-likeness (QED) is 0.838. The van der Waals surface area contributed by atoms with E-state index in [-0.39, 0.29) is 12.1 Å². The Morgan fingerprint density at radius 1 is 1.21 bits per heavy atom. The predicted octanol–water partition coefficient (Wildman–Crippen LogP) is 3.31. The summed E-state index contributed by atoms with van der Waals surface area (Å²) in [7, 11) is 0. The van der Waals surface area contributed by atoms with E-state index in [0.717, 1.165) is 19.5 Å². The maximum absolute atomic E-state index is 12.1. The summed E-state index contributed by atoms with van der Waals surface area (Å²) in [5.74, 6) is 0.455. The highest BCUT2D eigenvalue weighted by atomic mass is 16.2. The Morgan fingerprint density at radius 3 is 2.37 bits per heavy atom. The highest BCUT2D eigenvalue weighted by molar-refractivity contribution is 5.74. The predicted molar refractivity (Wildman–Crippen MR) is 80.2 cm³/mol. The van der Waals surface area contributed by atoms with Crippen LogP contribution in [-0.2, 0) is 6.42 Å². The van der Waals surface area contributed by atoms with E-state index < -0.39 is 0 Å². The fourth-order valence-corrected chi connectivity index (χ4v) is 1.76. The van der Waals surface area contributed by atoms with Gasteiger partial charge in [0.2, 0.25) is 0 Å². The molecule has 1 rings (SSSR count). The fraction of sp³-hybridized carbons (Fsp3) is 0.562. The van der Waals surface area contributed by atoms with Crippen molar-refractivity contribution < 1.29 is 4.79 Å². The van der Waals surface area contributed by atoms with Gasteiger partial charge < -0.3 is 10.2 Å². The van der Waals surface area contributed by atoms with Gasteiger partial charge in [-0.25, -0.2) is 4.79 Å². The second-order valence-electron chi connectivity index (χ2n) is 5.30. The Kier molecular flexibility index (Phi) is 6.40. The molecule has 0 saturated heterocycles. The van der Waals surface area contributed by atoms with Crippen molar-refractivity contribution >= 4 is 6.03 Å². The van der Waals surface area contributed by atoms with Crippen LogP contribution in [0.15, 0.2) is 30.3 Å². The standard InChI is InChI=1S/C16H26N2O/c1-5-18(16(19)17-14(4)13(2)3)12-11-15-9-7-6-8-10-15/h6-10,13-14H,5,11-12H2,1-4H3,(H,17,19). The van der Waals surface area contributed by atoms with Crippen LogP contribution in [0.1, 0.15) is 33.3 Å². The van der Waals surface area contributed by atoms with E-state index in [2.05, 4.69) is 31.3 Å². The molecule has 3 heteroatoms. The average molecular weight is 262 g/mol. The van der Waals surface area contributed by atoms with E-state index in [1.165, 1.54) is 5.56 Å². The molecule has 1 aromatic carbocycles. The minimum atomic E-state index is 0.0413. The van der Waals surface area contributed by atoms with Crippen molar-refractivity contribution in [2.45, 2.75) is 40.2 Å². The molecule has 2 amide bonds. The molecule has 19 heavy (non-hydrogen) atoms. The number of nitrogens with zero attached hydrogens (tertiary/aromatic N) is 1. The third-order valence-corrected chi connectivity index (χ3v) is 3.53. The van der Waals surface area contributed by atoms with Gasteiger partial charge in [0.05, 0.1) is 0 Å². The number of benzene rings is 1. The molecule has 0 heterocycles. The van der Waals surface area contributed by atoms with Crippen LogP contribution in [0.5, 0.6) is 0 Å². The van der Waals surface area contributed by atoms with Gasteiger partial charge in [-0.2, -0.15) is 0 Å². The first-order valence-corrected chi connectivity index (χ1v) is 7.14. The number of hydrogen-bond donors (Lipinski definition) is 1. The summed E-state index contributed by atoms with van der Waals surface area (Å²) in [5, 5.41) is 3.05. The van der Waals surface area contributed by atoms with Crippen LogP contribution >= 0.6 is 0 Å². The van der Waals surface area contributed by atoms with Crippen LogP contribution < -0.4 is 5.32 Å². The van der Waals surface area contributed by atoms with Crippen LogP contribution in [-0.4, -0.2) is 30.1 Å². The van der Waals surface area contributed by atoms with E-state index >= 15 is 0 Å². The molecule has 1 unspecified atom stereocenters. The van der Waals surface area contributed by atoms with Crippen molar-refractivity contribution in [1.82, 2.24) is 10.2 Å². The molecule has 0 saturated carbocycles. The summed E-state index contributed by atoms with van der Waals surface area (Å²) in [4.78, 5) is 14.0. The minimum absolute atomic E-state index is 0.0413. The summed E-state index contributed by atoms with van der Waals surface area (Å²) in [6, 6.07) is 10.5. The lowest BCUT2D eigenvalue weighted by Gasteiger charge is -2.25. The number of urea groups is 1. The van der Waals surface area contributed by atoms with Gasteiger partial charge in [0.15, 0.2) is 0 Å². The van der Waals surface area contributed by atoms with Gasteiger partial charge in [0.1, 0.15) is 0 Å². The molecular formula is C16H26N2O. The maximum Gasteiger partial charge on any atom is 0.317 e. The lowest BCUT2D eigenvalue weighted by molar-refractivity contribution is 0.194. The third-order valence-electron chi connectivity index (χ3n) is 3.53. The van der Waals surface area contributed by atoms with E-state index in [9.17, 15) is 4.79 Å². The van der Waals surface area contributed by atoms with Gasteiger partial charge in [-0.3, -0.25) is 0 Å². The zero-order valence-corrected chi connectivity index (χ0v) is 12.5. The molecule has 0 aromatic heterocycles. The van der Waals surface area contributed by atoms with Crippen LogP contribution in [0.2, 0.25) is 0 Å². The van der Waals surface area contributed by atoms with Crippen LogP contribution in [0.3, 0.4) is 0 Å². The highest BCUT2D eigenvalue weighted by Crippen LogP contribution is 2.04. The number of amides is 2. The molecule has 0 aliphatic heterocycles. The lowest BCUT2D eigenvalue weighted by Crippen LogP contribution is -2.46. The molecule has 106 valence electrons. The molecule has 0 aliphatic carbocycles. The average Bonchev–Trinajstić information content (AvgIpc) is 2.40. The monoisotopic (exact) mass is 262 g/mol. The zero-order chi connectivity index (χ0) is 14.3. The van der Waals surface area contributed by atoms with Crippen molar-refractivity contribution in [2.75, 3.05) is 13.1 Å². The smallest absolute Gasteiger partial charge is 0.317 e. The van der Waals surface area contributed by atoms with Crippen LogP contribution in [0.25, 0.3) is 0 Å². The minimum Gasteiger partial charge on any atom is -0.335 e. The molecule has 1 atom stereocenters. The number of nitrogens with one attached hydrogen (secondary N) is 1. The first-order chi connectivity index (χ1) is 9.04. The van der Waals surface area contributed by atoms with E-state index in [0.29, 0.717) is 5.92 Å². The molecule has 0 fully saturated rings. The normalized spacial score (nSPS) is 12.3. The molecule has 3 nitrogen and oxygen atoms in total. The molecule has 0 radical (unpaired) electrons. The Morgan fingerprint density at radius 2 is 1.84 bits per heavy atom. The van der Waals surface area contributed by atoms with Crippen molar-refractivity contribution in [3.05, 3.63) is 35.9 Å². The highest BCUT2D eigenvalue weighted by Gasteiger charge is 2.15. The topological polar surface area (TPSA) is 32.3 Å². The molecule has 0 spiro atoms. The van der Waals surface area contributed by atoms with Gasteiger partial charge in [-0.15, -0.1) is 0 Å². The summed E-state index contributed by atoms with van der Waals surface area (Å²) in [6.07, 6.45) is 0.901. The van der Waals surface area contributed by atoms with Crippen molar-refractivity contribution in [2.24, 2.45) is 5.92 Å². The SMILES string of the molecule is CCN(CCc1ccccc1)C(=O)NC(C)C(C)C. The maximum atomic E-state index is 12.1. The van der Waals surface area contributed by atoms with Gasteiger partial charge in [0, 0.05) is 19.1 Å². The molecule has 0 aliphatic rings. The van der Waals surface area contributed by atoms with Crippen molar-refractivity contribution in [1.29, 1.82) is 0 Å². The zero-order valence-electron chi connectivity index (χ0n) is 12.5. The molecule has 0 bridgehead atoms. The van der Waals surface area contributed by atoms with E-state index in [1.807, 2.05) is 36.9 Å². The summed E-state index contributed by atoms with van der Waals surface area (Å²) < 4.78 is 0. The number of carbonyl (C=O) groups is 1. The number of likely N-dealkylation sites (N-methyl/N-ethyl adjacent to an activating group) is 1. The molecular weight excluding hydrogens is 236 g/mol. The third kappa shape index (κ3) is 5.33. The van der Waals surface area contributed by atoms with Gasteiger partial charge in [-0.1, -0.05) is 44.2 Å². The fourth-order valence-electron chi connectivity index (χ4n) is 1.76. The number of rotatable bonds is 6.